The molecule has 3 aromatic rings. The number of anilines is 1. The minimum Gasteiger partial charge on any atom is -0.464 e. The lowest BCUT2D eigenvalue weighted by molar-refractivity contribution is -0.386. The molecule has 1 amide bonds. The number of ether oxygens (including phenoxy) is 1. The van der Waals surface area contributed by atoms with Gasteiger partial charge in [-0.15, -0.1) is 0 Å². The monoisotopic (exact) mass is 453 g/mol. The lowest BCUT2D eigenvalue weighted by Crippen LogP contribution is -2.29. The summed E-state index contributed by atoms with van der Waals surface area (Å²) in [6.45, 7) is 2.93. The smallest absolute Gasteiger partial charge is 0.311 e. The van der Waals surface area contributed by atoms with Crippen molar-refractivity contribution >= 4 is 17.3 Å². The van der Waals surface area contributed by atoms with Gasteiger partial charge in [0.25, 0.3) is 5.91 Å². The number of halogens is 1. The molecule has 1 fully saturated rings. The number of aromatic nitrogens is 2. The maximum absolute atomic E-state index is 13.4. The molecule has 0 radical (unpaired) electrons. The number of nitro groups is 1. The summed E-state index contributed by atoms with van der Waals surface area (Å²) in [6.07, 6.45) is 5.28. The normalized spacial score (nSPS) is 14.1. The van der Waals surface area contributed by atoms with Crippen LogP contribution in [-0.4, -0.2) is 38.6 Å². The standard InChI is InChI=1S/C23H24FN5O4/c24-18-6-9-21(29(31)32)22(14-18)33-16-28-13-10-20(26-28)23(30)25-19-7-4-17(5-8-19)15-27-11-2-1-3-12-27/h4-10,13-14H,1-3,11-12,15-16H2,(H,25,30). The summed E-state index contributed by atoms with van der Waals surface area (Å²) in [5.41, 5.74) is 1.65. The lowest BCUT2D eigenvalue weighted by atomic mass is 10.1. The highest BCUT2D eigenvalue weighted by atomic mass is 19.1. The Morgan fingerprint density at radius 3 is 2.61 bits per heavy atom. The highest BCUT2D eigenvalue weighted by Gasteiger charge is 2.17. The number of nitro benzene ring substituents is 1. The SMILES string of the molecule is O=C(Nc1ccc(CN2CCCCC2)cc1)c1ccn(COc2cc(F)ccc2[N+](=O)[O-])n1. The molecular formula is C23H24FN5O4. The van der Waals surface area contributed by atoms with E-state index in [1.165, 1.54) is 41.8 Å². The van der Waals surface area contributed by atoms with Gasteiger partial charge < -0.3 is 10.1 Å². The minimum atomic E-state index is -0.658. The van der Waals surface area contributed by atoms with E-state index >= 15 is 0 Å². The van der Waals surface area contributed by atoms with Gasteiger partial charge in [0.2, 0.25) is 5.75 Å². The summed E-state index contributed by atoms with van der Waals surface area (Å²) >= 11 is 0. The number of nitrogens with zero attached hydrogens (tertiary/aromatic N) is 4. The Balaban J connectivity index is 1.32. The molecule has 10 heteroatoms. The van der Waals surface area contributed by atoms with Crippen molar-refractivity contribution in [1.82, 2.24) is 14.7 Å². The Hall–Kier alpha value is -3.79. The van der Waals surface area contributed by atoms with E-state index in [-0.39, 0.29) is 23.9 Å². The zero-order valence-corrected chi connectivity index (χ0v) is 17.9. The highest BCUT2D eigenvalue weighted by molar-refractivity contribution is 6.02. The molecule has 1 aromatic heterocycles. The van der Waals surface area contributed by atoms with Crippen LogP contribution in [0.1, 0.15) is 35.3 Å². The van der Waals surface area contributed by atoms with Crippen LogP contribution >= 0.6 is 0 Å². The lowest BCUT2D eigenvalue weighted by Gasteiger charge is -2.26. The van der Waals surface area contributed by atoms with E-state index in [9.17, 15) is 19.3 Å². The quantitative estimate of drug-likeness (QED) is 0.405. The average molecular weight is 453 g/mol. The maximum Gasteiger partial charge on any atom is 0.311 e. The summed E-state index contributed by atoms with van der Waals surface area (Å²) in [4.78, 5) is 25.4. The van der Waals surface area contributed by atoms with E-state index < -0.39 is 16.6 Å². The maximum atomic E-state index is 13.4. The summed E-state index contributed by atoms with van der Waals surface area (Å²) in [7, 11) is 0. The largest absolute Gasteiger partial charge is 0.464 e. The van der Waals surface area contributed by atoms with Crippen molar-refractivity contribution in [2.45, 2.75) is 32.5 Å². The molecule has 1 aliphatic heterocycles. The van der Waals surface area contributed by atoms with E-state index in [0.29, 0.717) is 5.69 Å². The number of carbonyl (C=O) groups excluding carboxylic acids is 1. The molecular weight excluding hydrogens is 429 g/mol. The molecule has 0 spiro atoms. The van der Waals surface area contributed by atoms with E-state index in [4.69, 9.17) is 4.74 Å². The Bertz CT molecular complexity index is 1130. The molecule has 172 valence electrons. The van der Waals surface area contributed by atoms with Crippen LogP contribution in [-0.2, 0) is 13.3 Å². The van der Waals surface area contributed by atoms with Crippen LogP contribution < -0.4 is 10.1 Å². The molecule has 2 aromatic carbocycles. The van der Waals surface area contributed by atoms with Crippen molar-refractivity contribution < 1.29 is 18.8 Å². The molecule has 0 aliphatic carbocycles. The van der Waals surface area contributed by atoms with Gasteiger partial charge in [0.1, 0.15) is 5.82 Å². The van der Waals surface area contributed by atoms with Gasteiger partial charge in [0.15, 0.2) is 12.4 Å². The fourth-order valence-electron chi connectivity index (χ4n) is 3.71. The number of piperidine rings is 1. The molecule has 1 saturated heterocycles. The Morgan fingerprint density at radius 2 is 1.88 bits per heavy atom. The van der Waals surface area contributed by atoms with Crippen molar-refractivity contribution in [3.05, 3.63) is 81.9 Å². The van der Waals surface area contributed by atoms with Gasteiger partial charge in [-0.1, -0.05) is 18.6 Å². The number of rotatable bonds is 8. The van der Waals surface area contributed by atoms with Crippen molar-refractivity contribution in [2.75, 3.05) is 18.4 Å². The second kappa shape index (κ2) is 10.2. The van der Waals surface area contributed by atoms with E-state index in [1.807, 2.05) is 24.3 Å². The first-order valence-electron chi connectivity index (χ1n) is 10.7. The van der Waals surface area contributed by atoms with Gasteiger partial charge in [-0.3, -0.25) is 19.8 Å². The van der Waals surface area contributed by atoms with Crippen molar-refractivity contribution in [1.29, 1.82) is 0 Å². The van der Waals surface area contributed by atoms with Crippen LogP contribution in [0.2, 0.25) is 0 Å². The first-order chi connectivity index (χ1) is 16.0. The van der Waals surface area contributed by atoms with Crippen molar-refractivity contribution in [3.63, 3.8) is 0 Å². The molecule has 0 atom stereocenters. The number of amides is 1. The average Bonchev–Trinajstić information content (AvgIpc) is 3.29. The summed E-state index contributed by atoms with van der Waals surface area (Å²) in [6, 6.07) is 12.2. The highest BCUT2D eigenvalue weighted by Crippen LogP contribution is 2.27. The second-order valence-electron chi connectivity index (χ2n) is 7.87. The number of likely N-dealkylation sites (tertiary alicyclic amines) is 1. The summed E-state index contributed by atoms with van der Waals surface area (Å²) in [5, 5.41) is 18.0. The first kappa shape index (κ1) is 22.4. The molecule has 0 saturated carbocycles. The van der Waals surface area contributed by atoms with Crippen LogP contribution in [0.5, 0.6) is 5.75 Å². The minimum absolute atomic E-state index is 0.157. The molecule has 1 aliphatic rings. The third-order valence-electron chi connectivity index (χ3n) is 5.41. The van der Waals surface area contributed by atoms with E-state index in [2.05, 4.69) is 15.3 Å². The van der Waals surface area contributed by atoms with Gasteiger partial charge in [0.05, 0.1) is 4.92 Å². The van der Waals surface area contributed by atoms with Crippen LogP contribution in [0.4, 0.5) is 15.8 Å². The molecule has 0 bridgehead atoms. The summed E-state index contributed by atoms with van der Waals surface area (Å²) < 4.78 is 20.0. The number of hydrogen-bond acceptors (Lipinski definition) is 6. The number of nitrogens with one attached hydrogen (secondary N) is 1. The topological polar surface area (TPSA) is 103 Å². The predicted octanol–water partition coefficient (Wildman–Crippen LogP) is 4.21. The van der Waals surface area contributed by atoms with Crippen LogP contribution in [0.15, 0.2) is 54.7 Å². The van der Waals surface area contributed by atoms with Crippen LogP contribution in [0.3, 0.4) is 0 Å². The van der Waals surface area contributed by atoms with Crippen molar-refractivity contribution in [3.8, 4) is 5.75 Å². The zero-order valence-electron chi connectivity index (χ0n) is 17.9. The predicted molar refractivity (Wildman–Crippen MR) is 119 cm³/mol. The van der Waals surface area contributed by atoms with Gasteiger partial charge in [-0.2, -0.15) is 5.10 Å². The Morgan fingerprint density at radius 1 is 1.12 bits per heavy atom. The van der Waals surface area contributed by atoms with Crippen LogP contribution in [0.25, 0.3) is 0 Å². The van der Waals surface area contributed by atoms with Crippen molar-refractivity contribution in [2.24, 2.45) is 0 Å². The summed E-state index contributed by atoms with van der Waals surface area (Å²) in [5.74, 6) is -1.27. The Kier molecular flexibility index (Phi) is 6.94. The van der Waals surface area contributed by atoms with Crippen LogP contribution in [0, 0.1) is 15.9 Å². The molecule has 2 heterocycles. The van der Waals surface area contributed by atoms with Gasteiger partial charge in [-0.25, -0.2) is 9.07 Å². The van der Waals surface area contributed by atoms with Gasteiger partial charge in [-0.05, 0) is 55.8 Å². The molecule has 9 nitrogen and oxygen atoms in total. The van der Waals surface area contributed by atoms with E-state index in [1.54, 1.807) is 0 Å². The third kappa shape index (κ3) is 5.92. The van der Waals surface area contributed by atoms with E-state index in [0.717, 1.165) is 37.8 Å². The number of benzene rings is 2. The molecule has 1 N–H and O–H groups in total. The fourth-order valence-corrected chi connectivity index (χ4v) is 3.71. The Labute approximate surface area is 189 Å². The molecule has 4 rings (SSSR count). The van der Waals surface area contributed by atoms with Gasteiger partial charge in [0, 0.05) is 30.6 Å². The second-order valence-corrected chi connectivity index (χ2v) is 7.87. The fraction of sp³-hybridized carbons (Fsp3) is 0.304. The van der Waals surface area contributed by atoms with Gasteiger partial charge >= 0.3 is 5.69 Å². The molecule has 0 unspecified atom stereocenters. The zero-order chi connectivity index (χ0) is 23.2. The third-order valence-corrected chi connectivity index (χ3v) is 5.41. The molecule has 33 heavy (non-hydrogen) atoms. The number of hydrogen-bond donors (Lipinski definition) is 1. The number of carbonyl (C=O) groups is 1. The first-order valence-corrected chi connectivity index (χ1v) is 10.7.